The van der Waals surface area contributed by atoms with Gasteiger partial charge >= 0.3 is 0 Å². The number of hydrogen-bond donors (Lipinski definition) is 3. The van der Waals surface area contributed by atoms with Crippen LogP contribution in [0.3, 0.4) is 0 Å². The van der Waals surface area contributed by atoms with Gasteiger partial charge in [-0.3, -0.25) is 9.59 Å². The molecule has 2 amide bonds. The fourth-order valence-corrected chi connectivity index (χ4v) is 2.59. The van der Waals surface area contributed by atoms with Gasteiger partial charge < -0.3 is 16.4 Å². The molecule has 2 aromatic rings. The second-order valence-corrected chi connectivity index (χ2v) is 5.05. The van der Waals surface area contributed by atoms with Gasteiger partial charge in [-0.2, -0.15) is 8.75 Å². The predicted molar refractivity (Wildman–Crippen MR) is 78.1 cm³/mol. The summed E-state index contributed by atoms with van der Waals surface area (Å²) in [4.78, 5) is 22.7. The van der Waals surface area contributed by atoms with Crippen LogP contribution in [0.4, 0.5) is 5.69 Å². The van der Waals surface area contributed by atoms with Crippen LogP contribution in [0.2, 0.25) is 10.0 Å². The maximum absolute atomic E-state index is 11.7. The minimum Gasteiger partial charge on any atom is -0.346 e. The molecule has 0 fully saturated rings. The van der Waals surface area contributed by atoms with Gasteiger partial charge in [0.1, 0.15) is 11.0 Å². The van der Waals surface area contributed by atoms with Crippen LogP contribution in [0.25, 0.3) is 11.0 Å². The van der Waals surface area contributed by atoms with Gasteiger partial charge in [0.15, 0.2) is 0 Å². The van der Waals surface area contributed by atoms with E-state index < -0.39 is 11.8 Å². The van der Waals surface area contributed by atoms with Gasteiger partial charge in [-0.05, 0) is 6.07 Å². The van der Waals surface area contributed by atoms with Crippen molar-refractivity contribution in [2.45, 2.75) is 0 Å². The zero-order chi connectivity index (χ0) is 14.7. The number of anilines is 1. The number of nitrogens with zero attached hydrogens (tertiary/aromatic N) is 2. The number of carbonyl (C=O) groups excluding carboxylic acids is 2. The van der Waals surface area contributed by atoms with Crippen molar-refractivity contribution in [1.82, 2.24) is 14.1 Å². The molecule has 106 valence electrons. The lowest BCUT2D eigenvalue weighted by molar-refractivity contribution is -0.123. The Morgan fingerprint density at radius 1 is 1.20 bits per heavy atom. The summed E-state index contributed by atoms with van der Waals surface area (Å²) in [6, 6.07) is 1.47. The molecule has 0 spiro atoms. The minimum atomic E-state index is -0.453. The lowest BCUT2D eigenvalue weighted by Crippen LogP contribution is -2.36. The van der Waals surface area contributed by atoms with Crippen LogP contribution >= 0.6 is 34.9 Å². The van der Waals surface area contributed by atoms with Crippen LogP contribution in [0.15, 0.2) is 6.07 Å². The normalized spacial score (nSPS) is 10.6. The van der Waals surface area contributed by atoms with Crippen molar-refractivity contribution >= 4 is 63.5 Å². The van der Waals surface area contributed by atoms with Crippen LogP contribution in [0.1, 0.15) is 0 Å². The zero-order valence-corrected chi connectivity index (χ0v) is 12.3. The van der Waals surface area contributed by atoms with E-state index in [4.69, 9.17) is 28.9 Å². The van der Waals surface area contributed by atoms with Crippen LogP contribution in [-0.4, -0.2) is 33.7 Å². The van der Waals surface area contributed by atoms with E-state index in [9.17, 15) is 9.59 Å². The van der Waals surface area contributed by atoms with Gasteiger partial charge in [0.05, 0.1) is 40.6 Å². The molecule has 0 unspecified atom stereocenters. The molecular formula is C10H9Cl2N5O2S. The molecule has 4 N–H and O–H groups in total. The average molecular weight is 334 g/mol. The first-order chi connectivity index (χ1) is 9.52. The number of fused-ring (bicyclic) bond motifs is 1. The third kappa shape index (κ3) is 3.15. The van der Waals surface area contributed by atoms with Gasteiger partial charge in [-0.1, -0.05) is 23.2 Å². The molecule has 0 aliphatic heterocycles. The average Bonchev–Trinajstić information content (AvgIpc) is 2.90. The number of rotatable bonds is 4. The van der Waals surface area contributed by atoms with Crippen LogP contribution in [0.5, 0.6) is 0 Å². The smallest absolute Gasteiger partial charge is 0.243 e. The van der Waals surface area contributed by atoms with Crippen molar-refractivity contribution in [2.24, 2.45) is 5.73 Å². The fraction of sp³-hybridized carbons (Fsp3) is 0.200. The first-order valence-electron chi connectivity index (χ1n) is 5.39. The second-order valence-electron chi connectivity index (χ2n) is 3.71. The number of aromatic nitrogens is 2. The van der Waals surface area contributed by atoms with E-state index in [0.29, 0.717) is 21.7 Å². The van der Waals surface area contributed by atoms with E-state index in [1.165, 1.54) is 6.07 Å². The second kappa shape index (κ2) is 6.31. The Morgan fingerprint density at radius 3 is 2.60 bits per heavy atom. The molecule has 2 rings (SSSR count). The lowest BCUT2D eigenvalue weighted by atomic mass is 10.2. The Morgan fingerprint density at radius 2 is 1.90 bits per heavy atom. The standard InChI is InChI=1S/C10H9Cl2N5O2S/c11-4-1-5(12)9-10(17-20-16-9)8(4)15-7(19)3-14-6(18)2-13/h1H,2-3,13H2,(H,14,18)(H,15,19). The number of hydrogen-bond acceptors (Lipinski definition) is 6. The van der Waals surface area contributed by atoms with Gasteiger partial charge in [-0.15, -0.1) is 0 Å². The molecule has 20 heavy (non-hydrogen) atoms. The van der Waals surface area contributed by atoms with E-state index in [1.807, 2.05) is 0 Å². The lowest BCUT2D eigenvalue weighted by Gasteiger charge is -2.09. The Balaban J connectivity index is 2.19. The molecule has 0 bridgehead atoms. The molecule has 7 nitrogen and oxygen atoms in total. The number of carbonyl (C=O) groups is 2. The molecule has 1 aromatic heterocycles. The van der Waals surface area contributed by atoms with Gasteiger partial charge in [0.25, 0.3) is 0 Å². The minimum absolute atomic E-state index is 0.185. The molecule has 0 saturated heterocycles. The Hall–Kier alpha value is -1.48. The summed E-state index contributed by atoms with van der Waals surface area (Å²) >= 11 is 13.0. The van der Waals surface area contributed by atoms with Crippen molar-refractivity contribution in [1.29, 1.82) is 0 Å². The number of nitrogens with one attached hydrogen (secondary N) is 2. The first-order valence-corrected chi connectivity index (χ1v) is 6.88. The van der Waals surface area contributed by atoms with Crippen molar-refractivity contribution in [3.8, 4) is 0 Å². The summed E-state index contributed by atoms with van der Waals surface area (Å²) in [6.07, 6.45) is 0. The number of halogens is 2. The fourth-order valence-electron chi connectivity index (χ4n) is 1.43. The maximum atomic E-state index is 11.7. The number of amides is 2. The van der Waals surface area contributed by atoms with Crippen LogP contribution < -0.4 is 16.4 Å². The monoisotopic (exact) mass is 333 g/mol. The molecule has 1 aromatic carbocycles. The SMILES string of the molecule is NCC(=O)NCC(=O)Nc1c(Cl)cc(Cl)c2nsnc12. The summed E-state index contributed by atoms with van der Waals surface area (Å²) < 4.78 is 8.06. The van der Waals surface area contributed by atoms with Gasteiger partial charge in [0.2, 0.25) is 11.8 Å². The molecule has 0 radical (unpaired) electrons. The Kier molecular flexibility index (Phi) is 4.71. The van der Waals surface area contributed by atoms with Gasteiger partial charge in [0, 0.05) is 0 Å². The van der Waals surface area contributed by atoms with E-state index >= 15 is 0 Å². The third-order valence-electron chi connectivity index (χ3n) is 2.34. The van der Waals surface area contributed by atoms with Gasteiger partial charge in [-0.25, -0.2) is 0 Å². The molecule has 0 atom stereocenters. The van der Waals surface area contributed by atoms with Crippen molar-refractivity contribution in [3.05, 3.63) is 16.1 Å². The van der Waals surface area contributed by atoms with E-state index in [-0.39, 0.29) is 18.1 Å². The summed E-state index contributed by atoms with van der Waals surface area (Å²) in [6.45, 7) is -0.400. The number of benzene rings is 1. The molecule has 0 aliphatic carbocycles. The van der Waals surface area contributed by atoms with Crippen molar-refractivity contribution < 1.29 is 9.59 Å². The van der Waals surface area contributed by atoms with E-state index in [0.717, 1.165) is 11.7 Å². The van der Waals surface area contributed by atoms with Crippen LogP contribution in [0, 0.1) is 0 Å². The first kappa shape index (κ1) is 14.9. The molecule has 1 heterocycles. The topological polar surface area (TPSA) is 110 Å². The Labute approximate surface area is 127 Å². The quantitative estimate of drug-likeness (QED) is 0.773. The van der Waals surface area contributed by atoms with Crippen LogP contribution in [-0.2, 0) is 9.59 Å². The summed E-state index contributed by atoms with van der Waals surface area (Å²) in [5.74, 6) is -0.881. The van der Waals surface area contributed by atoms with Crippen molar-refractivity contribution in [3.63, 3.8) is 0 Å². The summed E-state index contributed by atoms with van der Waals surface area (Å²) in [5, 5.41) is 5.51. The highest BCUT2D eigenvalue weighted by molar-refractivity contribution is 7.00. The molecule has 10 heteroatoms. The zero-order valence-electron chi connectivity index (χ0n) is 9.94. The predicted octanol–water partition coefficient (Wildman–Crippen LogP) is 1.01. The molecule has 0 aliphatic rings. The number of nitrogens with two attached hydrogens (primary N) is 1. The Bertz CT molecular complexity index is 675. The summed E-state index contributed by atoms with van der Waals surface area (Å²) in [7, 11) is 0. The van der Waals surface area contributed by atoms with E-state index in [1.54, 1.807) is 0 Å². The highest BCUT2D eigenvalue weighted by Gasteiger charge is 2.16. The largest absolute Gasteiger partial charge is 0.346 e. The van der Waals surface area contributed by atoms with E-state index in [2.05, 4.69) is 19.4 Å². The summed E-state index contributed by atoms with van der Waals surface area (Å²) in [5.41, 5.74) is 6.30. The van der Waals surface area contributed by atoms with Crippen molar-refractivity contribution in [2.75, 3.05) is 18.4 Å². The maximum Gasteiger partial charge on any atom is 0.243 e. The third-order valence-corrected chi connectivity index (χ3v) is 3.45. The molecular weight excluding hydrogens is 325 g/mol. The highest BCUT2D eigenvalue weighted by atomic mass is 35.5. The highest BCUT2D eigenvalue weighted by Crippen LogP contribution is 2.35. The molecule has 0 saturated carbocycles.